The monoisotopic (exact) mass is 166 g/mol. The van der Waals surface area contributed by atoms with Crippen molar-refractivity contribution in [2.75, 3.05) is 13.7 Å². The molecule has 1 aliphatic carbocycles. The SMILES string of the molecule is CN(CN)C1=CC=C(N=N)CC1. The topological polar surface area (TPSA) is 65.5 Å². The van der Waals surface area contributed by atoms with E-state index in [-0.39, 0.29) is 0 Å². The van der Waals surface area contributed by atoms with Crippen molar-refractivity contribution >= 4 is 0 Å². The van der Waals surface area contributed by atoms with Crippen LogP contribution >= 0.6 is 0 Å². The van der Waals surface area contributed by atoms with Crippen molar-refractivity contribution in [1.29, 1.82) is 5.53 Å². The number of nitrogens with zero attached hydrogens (tertiary/aromatic N) is 2. The van der Waals surface area contributed by atoms with Crippen molar-refractivity contribution in [2.45, 2.75) is 12.8 Å². The second kappa shape index (κ2) is 4.01. The van der Waals surface area contributed by atoms with E-state index in [4.69, 9.17) is 11.3 Å². The molecule has 0 amide bonds. The molecule has 0 heterocycles. The van der Waals surface area contributed by atoms with Crippen molar-refractivity contribution in [2.24, 2.45) is 10.8 Å². The van der Waals surface area contributed by atoms with Crippen LogP contribution < -0.4 is 5.73 Å². The van der Waals surface area contributed by atoms with Crippen LogP contribution in [-0.4, -0.2) is 18.6 Å². The van der Waals surface area contributed by atoms with Crippen LogP contribution in [0.3, 0.4) is 0 Å². The molecular formula is C8H14N4. The summed E-state index contributed by atoms with van der Waals surface area (Å²) in [5.74, 6) is 0. The van der Waals surface area contributed by atoms with Gasteiger partial charge in [0.1, 0.15) is 0 Å². The summed E-state index contributed by atoms with van der Waals surface area (Å²) >= 11 is 0. The lowest BCUT2D eigenvalue weighted by Crippen LogP contribution is -2.25. The summed E-state index contributed by atoms with van der Waals surface area (Å²) in [5, 5.41) is 3.38. The van der Waals surface area contributed by atoms with Gasteiger partial charge in [-0.2, -0.15) is 5.11 Å². The summed E-state index contributed by atoms with van der Waals surface area (Å²) in [6, 6.07) is 0. The third-order valence-corrected chi connectivity index (χ3v) is 2.01. The van der Waals surface area contributed by atoms with E-state index in [2.05, 4.69) is 5.11 Å². The van der Waals surface area contributed by atoms with Gasteiger partial charge in [0.05, 0.1) is 12.4 Å². The predicted octanol–water partition coefficient (Wildman–Crippen LogP) is 1.43. The van der Waals surface area contributed by atoms with Crippen LogP contribution in [-0.2, 0) is 0 Å². The van der Waals surface area contributed by atoms with Gasteiger partial charge >= 0.3 is 0 Å². The molecule has 0 aromatic heterocycles. The van der Waals surface area contributed by atoms with E-state index in [0.717, 1.165) is 18.5 Å². The average Bonchev–Trinajstić information content (AvgIpc) is 2.17. The zero-order valence-electron chi connectivity index (χ0n) is 7.25. The van der Waals surface area contributed by atoms with E-state index in [9.17, 15) is 0 Å². The molecule has 3 N–H and O–H groups in total. The summed E-state index contributed by atoms with van der Waals surface area (Å²) in [7, 11) is 1.96. The van der Waals surface area contributed by atoms with Gasteiger partial charge in [-0.3, -0.25) is 0 Å². The predicted molar refractivity (Wildman–Crippen MR) is 47.4 cm³/mol. The van der Waals surface area contributed by atoms with Crippen LogP contribution in [0.5, 0.6) is 0 Å². The highest BCUT2D eigenvalue weighted by atomic mass is 15.2. The van der Waals surface area contributed by atoms with Crippen LogP contribution in [0.4, 0.5) is 0 Å². The first-order valence-electron chi connectivity index (χ1n) is 3.96. The molecule has 0 saturated carbocycles. The summed E-state index contributed by atoms with van der Waals surface area (Å²) < 4.78 is 0. The van der Waals surface area contributed by atoms with Gasteiger partial charge in [-0.05, 0) is 25.0 Å². The van der Waals surface area contributed by atoms with Gasteiger partial charge in [0, 0.05) is 12.7 Å². The third-order valence-electron chi connectivity index (χ3n) is 2.01. The van der Waals surface area contributed by atoms with Crippen LogP contribution in [0.2, 0.25) is 0 Å². The van der Waals surface area contributed by atoms with Gasteiger partial charge in [0.25, 0.3) is 0 Å². The van der Waals surface area contributed by atoms with Gasteiger partial charge in [0.15, 0.2) is 0 Å². The van der Waals surface area contributed by atoms with Crippen molar-refractivity contribution in [3.05, 3.63) is 23.5 Å². The summed E-state index contributed by atoms with van der Waals surface area (Å²) in [6.45, 7) is 0.535. The van der Waals surface area contributed by atoms with Gasteiger partial charge in [-0.25, -0.2) is 5.53 Å². The molecule has 0 aromatic rings. The fourth-order valence-electron chi connectivity index (χ4n) is 1.14. The highest BCUT2D eigenvalue weighted by Crippen LogP contribution is 2.20. The molecule has 0 atom stereocenters. The van der Waals surface area contributed by atoms with Crippen molar-refractivity contribution in [3.8, 4) is 0 Å². The quantitative estimate of drug-likeness (QED) is 0.492. The molecule has 4 heteroatoms. The van der Waals surface area contributed by atoms with Crippen LogP contribution in [0.25, 0.3) is 0 Å². The molecule has 0 saturated heterocycles. The molecule has 0 fully saturated rings. The normalized spacial score (nSPS) is 16.5. The van der Waals surface area contributed by atoms with Crippen LogP contribution in [0.1, 0.15) is 12.8 Å². The van der Waals surface area contributed by atoms with E-state index in [0.29, 0.717) is 6.67 Å². The van der Waals surface area contributed by atoms with Crippen molar-refractivity contribution in [3.63, 3.8) is 0 Å². The summed E-state index contributed by atoms with van der Waals surface area (Å²) in [6.07, 6.45) is 5.63. The third kappa shape index (κ3) is 1.92. The molecule has 0 aliphatic heterocycles. The van der Waals surface area contributed by atoms with E-state index >= 15 is 0 Å². The summed E-state index contributed by atoms with van der Waals surface area (Å²) in [5.41, 5.74) is 14.3. The first-order chi connectivity index (χ1) is 5.77. The van der Waals surface area contributed by atoms with Gasteiger partial charge in [0.2, 0.25) is 0 Å². The minimum Gasteiger partial charge on any atom is -0.365 e. The van der Waals surface area contributed by atoms with E-state index in [1.165, 1.54) is 5.70 Å². The number of allylic oxidation sites excluding steroid dienone is 4. The highest BCUT2D eigenvalue weighted by Gasteiger charge is 2.07. The first kappa shape index (κ1) is 8.93. The number of hydrogen-bond acceptors (Lipinski definition) is 4. The van der Waals surface area contributed by atoms with Crippen molar-refractivity contribution < 1.29 is 0 Å². The number of hydrogen-bond donors (Lipinski definition) is 2. The molecule has 0 spiro atoms. The standard InChI is InChI=1S/C8H14N4/c1-12(6-9)8-4-2-7(11-10)3-5-8/h2,4,10H,3,5-6,9H2,1H3. The van der Waals surface area contributed by atoms with E-state index < -0.39 is 0 Å². The lowest BCUT2D eigenvalue weighted by atomic mass is 10.1. The van der Waals surface area contributed by atoms with E-state index in [1.54, 1.807) is 0 Å². The van der Waals surface area contributed by atoms with Gasteiger partial charge < -0.3 is 10.6 Å². The Hall–Kier alpha value is -1.16. The number of nitrogens with two attached hydrogens (primary N) is 1. The molecule has 12 heavy (non-hydrogen) atoms. The molecule has 0 aromatic carbocycles. The Bertz CT molecular complexity index is 229. The zero-order valence-corrected chi connectivity index (χ0v) is 7.25. The fraction of sp³-hybridized carbons (Fsp3) is 0.500. The van der Waals surface area contributed by atoms with Gasteiger partial charge in [-0.1, -0.05) is 0 Å². The molecule has 1 aliphatic rings. The maximum Gasteiger partial charge on any atom is 0.0650 e. The number of nitrogens with one attached hydrogen (secondary N) is 1. The van der Waals surface area contributed by atoms with Crippen LogP contribution in [0, 0.1) is 5.53 Å². The fourth-order valence-corrected chi connectivity index (χ4v) is 1.14. The lowest BCUT2D eigenvalue weighted by Gasteiger charge is -2.22. The van der Waals surface area contributed by atoms with Crippen LogP contribution in [0.15, 0.2) is 28.7 Å². The molecule has 0 radical (unpaired) electrons. The smallest absolute Gasteiger partial charge is 0.0650 e. The minimum absolute atomic E-state index is 0.535. The average molecular weight is 166 g/mol. The maximum absolute atomic E-state index is 6.80. The Morgan fingerprint density at radius 1 is 1.58 bits per heavy atom. The van der Waals surface area contributed by atoms with Gasteiger partial charge in [-0.15, -0.1) is 0 Å². The Morgan fingerprint density at radius 3 is 2.75 bits per heavy atom. The second-order valence-corrected chi connectivity index (χ2v) is 2.81. The molecule has 0 unspecified atom stereocenters. The molecule has 1 rings (SSSR count). The molecular weight excluding hydrogens is 152 g/mol. The first-order valence-corrected chi connectivity index (χ1v) is 3.96. The molecule has 4 nitrogen and oxygen atoms in total. The summed E-state index contributed by atoms with van der Waals surface area (Å²) in [4.78, 5) is 2.00. The Labute approximate surface area is 72.2 Å². The Kier molecular flexibility index (Phi) is 2.99. The minimum atomic E-state index is 0.535. The zero-order chi connectivity index (χ0) is 8.97. The maximum atomic E-state index is 6.80. The molecule has 66 valence electrons. The molecule has 0 bridgehead atoms. The largest absolute Gasteiger partial charge is 0.365 e. The Morgan fingerprint density at radius 2 is 2.33 bits per heavy atom. The van der Waals surface area contributed by atoms with Crippen molar-refractivity contribution in [1.82, 2.24) is 4.90 Å². The Balaban J connectivity index is 2.65. The lowest BCUT2D eigenvalue weighted by molar-refractivity contribution is 0.411. The number of rotatable bonds is 3. The highest BCUT2D eigenvalue weighted by molar-refractivity contribution is 5.21. The van der Waals surface area contributed by atoms with E-state index in [1.807, 2.05) is 24.1 Å². The second-order valence-electron chi connectivity index (χ2n) is 2.81.